The van der Waals surface area contributed by atoms with Gasteiger partial charge in [-0.15, -0.1) is 0 Å². The lowest BCUT2D eigenvalue weighted by Gasteiger charge is -2.10. The molecule has 0 fully saturated rings. The second-order valence-electron chi connectivity index (χ2n) is 12.0. The Hall–Kier alpha value is -6.59. The number of rotatable bonds is 4. The molecule has 0 bridgehead atoms. The topological polar surface area (TPSA) is 65.0 Å². The number of fused-ring (bicyclic) bond motifs is 8. The van der Waals surface area contributed by atoms with Crippen molar-refractivity contribution in [3.8, 4) is 45.3 Å². The maximum atomic E-state index is 6.19. The molecule has 7 aromatic carbocycles. The third kappa shape index (κ3) is 4.22. The fraction of sp³-hybridized carbons (Fsp3) is 0. The van der Waals surface area contributed by atoms with E-state index in [1.165, 1.54) is 10.8 Å². The van der Waals surface area contributed by atoms with E-state index in [1.54, 1.807) is 0 Å². The van der Waals surface area contributed by atoms with Gasteiger partial charge in [0, 0.05) is 38.2 Å². The summed E-state index contributed by atoms with van der Waals surface area (Å²) in [7, 11) is 0. The monoisotopic (exact) mass is 615 g/mol. The molecule has 0 aliphatic heterocycles. The fourth-order valence-corrected chi connectivity index (χ4v) is 6.85. The molecule has 0 spiro atoms. The highest BCUT2D eigenvalue weighted by atomic mass is 16.3. The molecule has 0 radical (unpaired) electrons. The molecule has 0 atom stereocenters. The van der Waals surface area contributed by atoms with E-state index in [2.05, 4.69) is 78.9 Å². The van der Waals surface area contributed by atoms with Crippen LogP contribution in [0, 0.1) is 0 Å². The number of aromatic nitrogens is 3. The Bertz CT molecular complexity index is 2830. The van der Waals surface area contributed by atoms with Gasteiger partial charge in [0.05, 0.1) is 0 Å². The molecule has 3 aromatic heterocycles. The van der Waals surface area contributed by atoms with Crippen molar-refractivity contribution >= 4 is 54.6 Å². The summed E-state index contributed by atoms with van der Waals surface area (Å²) >= 11 is 0. The van der Waals surface area contributed by atoms with Crippen molar-refractivity contribution in [2.45, 2.75) is 0 Å². The minimum absolute atomic E-state index is 0.604. The highest BCUT2D eigenvalue weighted by Gasteiger charge is 2.18. The lowest BCUT2D eigenvalue weighted by molar-refractivity contribution is 0.668. The Balaban J connectivity index is 1.08. The molecule has 0 aliphatic rings. The first-order chi connectivity index (χ1) is 23.8. The lowest BCUT2D eigenvalue weighted by Crippen LogP contribution is -2.00. The standard InChI is InChI=1S/C43H25N3O2/c1-2-9-27(10-3-1)41-44-42(46-43(45-41)34-13-8-16-37-40(34)33-12-5-7-15-36(33)47-37)28-19-17-26(18-20-28)29-21-23-31-30(25-29)22-24-38-39(31)32-11-4-6-14-35(32)48-38/h1-25H. The first-order valence-electron chi connectivity index (χ1n) is 15.9. The van der Waals surface area contributed by atoms with Crippen LogP contribution < -0.4 is 0 Å². The largest absolute Gasteiger partial charge is 0.456 e. The van der Waals surface area contributed by atoms with Crippen LogP contribution in [0.15, 0.2) is 160 Å². The van der Waals surface area contributed by atoms with Crippen molar-refractivity contribution in [3.05, 3.63) is 152 Å². The maximum absolute atomic E-state index is 6.19. The van der Waals surface area contributed by atoms with E-state index in [-0.39, 0.29) is 0 Å². The number of nitrogens with zero attached hydrogens (tertiary/aromatic N) is 3. The highest BCUT2D eigenvalue weighted by Crippen LogP contribution is 2.38. The van der Waals surface area contributed by atoms with Crippen molar-refractivity contribution in [2.75, 3.05) is 0 Å². The van der Waals surface area contributed by atoms with Crippen LogP contribution in [0.5, 0.6) is 0 Å². The molecule has 0 unspecified atom stereocenters. The second-order valence-corrected chi connectivity index (χ2v) is 12.0. The lowest BCUT2D eigenvalue weighted by atomic mass is 9.98. The molecule has 0 aliphatic carbocycles. The summed E-state index contributed by atoms with van der Waals surface area (Å²) in [6, 6.07) is 51.7. The van der Waals surface area contributed by atoms with Gasteiger partial charge in [0.2, 0.25) is 0 Å². The molecule has 0 amide bonds. The van der Waals surface area contributed by atoms with Crippen LogP contribution >= 0.6 is 0 Å². The van der Waals surface area contributed by atoms with Gasteiger partial charge in [-0.3, -0.25) is 0 Å². The van der Waals surface area contributed by atoms with E-state index in [0.717, 1.165) is 71.7 Å². The molecule has 10 aromatic rings. The van der Waals surface area contributed by atoms with Crippen molar-refractivity contribution in [1.29, 1.82) is 0 Å². The molecule has 3 heterocycles. The zero-order chi connectivity index (χ0) is 31.6. The van der Waals surface area contributed by atoms with E-state index in [1.807, 2.05) is 72.8 Å². The number of hydrogen-bond acceptors (Lipinski definition) is 5. The van der Waals surface area contributed by atoms with E-state index in [4.69, 9.17) is 23.8 Å². The normalized spacial score (nSPS) is 11.8. The molecular formula is C43H25N3O2. The zero-order valence-corrected chi connectivity index (χ0v) is 25.6. The Morgan fingerprint density at radius 3 is 1.65 bits per heavy atom. The summed E-state index contributed by atoms with van der Waals surface area (Å²) in [6.07, 6.45) is 0. The SMILES string of the molecule is c1ccc(-c2nc(-c3ccc(-c4ccc5c(ccc6oc7ccccc7c65)c4)cc3)nc(-c3cccc4oc5ccccc5c34)n2)cc1. The molecule has 0 saturated carbocycles. The predicted octanol–water partition coefficient (Wildman–Crippen LogP) is 11.5. The molecule has 5 heteroatoms. The van der Waals surface area contributed by atoms with Crippen LogP contribution in [-0.4, -0.2) is 15.0 Å². The molecule has 5 nitrogen and oxygen atoms in total. The molecular weight excluding hydrogens is 590 g/mol. The summed E-state index contributed by atoms with van der Waals surface area (Å²) in [6.45, 7) is 0. The molecule has 48 heavy (non-hydrogen) atoms. The number of benzene rings is 7. The van der Waals surface area contributed by atoms with Crippen molar-refractivity contribution in [3.63, 3.8) is 0 Å². The van der Waals surface area contributed by atoms with Crippen molar-refractivity contribution in [2.24, 2.45) is 0 Å². The van der Waals surface area contributed by atoms with Gasteiger partial charge >= 0.3 is 0 Å². The highest BCUT2D eigenvalue weighted by molar-refractivity contribution is 6.19. The van der Waals surface area contributed by atoms with Crippen molar-refractivity contribution < 1.29 is 8.83 Å². The Morgan fingerprint density at radius 2 is 0.896 bits per heavy atom. The second kappa shape index (κ2) is 10.5. The number of hydrogen-bond donors (Lipinski definition) is 0. The smallest absolute Gasteiger partial charge is 0.164 e. The summed E-state index contributed by atoms with van der Waals surface area (Å²) in [4.78, 5) is 15.0. The maximum Gasteiger partial charge on any atom is 0.164 e. The van der Waals surface area contributed by atoms with E-state index < -0.39 is 0 Å². The zero-order valence-electron chi connectivity index (χ0n) is 25.6. The first kappa shape index (κ1) is 26.6. The predicted molar refractivity (Wildman–Crippen MR) is 194 cm³/mol. The number of para-hydroxylation sites is 2. The van der Waals surface area contributed by atoms with Gasteiger partial charge in [-0.1, -0.05) is 121 Å². The summed E-state index contributed by atoms with van der Waals surface area (Å²) in [5.74, 6) is 1.84. The Morgan fingerprint density at radius 1 is 0.333 bits per heavy atom. The average Bonchev–Trinajstić information content (AvgIpc) is 3.74. The Kier molecular flexibility index (Phi) is 5.81. The summed E-state index contributed by atoms with van der Waals surface area (Å²) < 4.78 is 12.3. The van der Waals surface area contributed by atoms with Gasteiger partial charge in [0.1, 0.15) is 22.3 Å². The van der Waals surface area contributed by atoms with E-state index in [9.17, 15) is 0 Å². The van der Waals surface area contributed by atoms with Gasteiger partial charge in [-0.2, -0.15) is 0 Å². The minimum Gasteiger partial charge on any atom is -0.456 e. The molecule has 224 valence electrons. The quantitative estimate of drug-likeness (QED) is 0.197. The summed E-state index contributed by atoms with van der Waals surface area (Å²) in [5.41, 5.74) is 8.46. The van der Waals surface area contributed by atoms with Crippen LogP contribution in [0.1, 0.15) is 0 Å². The van der Waals surface area contributed by atoms with Crippen LogP contribution in [0.4, 0.5) is 0 Å². The van der Waals surface area contributed by atoms with Gasteiger partial charge in [-0.25, -0.2) is 15.0 Å². The van der Waals surface area contributed by atoms with Crippen molar-refractivity contribution in [1.82, 2.24) is 15.0 Å². The van der Waals surface area contributed by atoms with Gasteiger partial charge < -0.3 is 8.83 Å². The van der Waals surface area contributed by atoms with Gasteiger partial charge in [-0.05, 0) is 52.2 Å². The van der Waals surface area contributed by atoms with Crippen LogP contribution in [-0.2, 0) is 0 Å². The Labute approximate surface area is 274 Å². The van der Waals surface area contributed by atoms with Crippen LogP contribution in [0.3, 0.4) is 0 Å². The number of furan rings is 2. The first-order valence-corrected chi connectivity index (χ1v) is 15.9. The molecule has 0 saturated heterocycles. The van der Waals surface area contributed by atoms with Crippen LogP contribution in [0.2, 0.25) is 0 Å². The van der Waals surface area contributed by atoms with E-state index in [0.29, 0.717) is 17.5 Å². The van der Waals surface area contributed by atoms with Gasteiger partial charge in [0.25, 0.3) is 0 Å². The van der Waals surface area contributed by atoms with Gasteiger partial charge in [0.15, 0.2) is 17.5 Å². The third-order valence-corrected chi connectivity index (χ3v) is 9.15. The third-order valence-electron chi connectivity index (χ3n) is 9.15. The minimum atomic E-state index is 0.604. The van der Waals surface area contributed by atoms with E-state index >= 15 is 0 Å². The molecule has 10 rings (SSSR count). The summed E-state index contributed by atoms with van der Waals surface area (Å²) in [5, 5.41) is 6.68. The molecule has 0 N–H and O–H groups in total. The fourth-order valence-electron chi connectivity index (χ4n) is 6.85. The average molecular weight is 616 g/mol. The van der Waals surface area contributed by atoms with Crippen LogP contribution in [0.25, 0.3) is 99.9 Å².